The zero-order valence-electron chi connectivity index (χ0n) is 11.3. The van der Waals surface area contributed by atoms with Crippen LogP contribution in [0.15, 0.2) is 18.2 Å². The Labute approximate surface area is 114 Å². The lowest BCUT2D eigenvalue weighted by Gasteiger charge is -2.26. The van der Waals surface area contributed by atoms with Crippen molar-refractivity contribution in [1.29, 1.82) is 0 Å². The van der Waals surface area contributed by atoms with Crippen molar-refractivity contribution in [2.75, 3.05) is 19.6 Å². The first kappa shape index (κ1) is 12.8. The Kier molecular flexibility index (Phi) is 3.37. The van der Waals surface area contributed by atoms with Crippen molar-refractivity contribution in [1.82, 2.24) is 10.2 Å². The maximum absolute atomic E-state index is 9.58. The first-order valence-corrected chi connectivity index (χ1v) is 7.14. The normalized spacial score (nSPS) is 30.7. The number of benzene rings is 1. The molecule has 0 amide bonds. The van der Waals surface area contributed by atoms with Gasteiger partial charge in [0.05, 0.1) is 0 Å². The number of hydrogen-bond donors (Lipinski definition) is 3. The van der Waals surface area contributed by atoms with E-state index < -0.39 is 0 Å². The number of nitrogens with one attached hydrogen (secondary N) is 1. The van der Waals surface area contributed by atoms with E-state index in [0.717, 1.165) is 43.6 Å². The molecule has 4 nitrogen and oxygen atoms in total. The molecule has 2 saturated heterocycles. The summed E-state index contributed by atoms with van der Waals surface area (Å²) >= 11 is 0. The number of aromatic hydroxyl groups is 2. The van der Waals surface area contributed by atoms with Gasteiger partial charge in [0.2, 0.25) is 0 Å². The van der Waals surface area contributed by atoms with E-state index in [9.17, 15) is 10.2 Å². The van der Waals surface area contributed by atoms with Crippen molar-refractivity contribution in [3.63, 3.8) is 0 Å². The largest absolute Gasteiger partial charge is 0.504 e. The lowest BCUT2D eigenvalue weighted by molar-refractivity contribution is 0.210. The van der Waals surface area contributed by atoms with E-state index in [2.05, 4.69) is 17.1 Å². The van der Waals surface area contributed by atoms with Gasteiger partial charge in [0.25, 0.3) is 0 Å². The second-order valence-electron chi connectivity index (χ2n) is 5.81. The summed E-state index contributed by atoms with van der Waals surface area (Å²) in [5.41, 5.74) is 1.07. The van der Waals surface area contributed by atoms with Gasteiger partial charge in [-0.25, -0.2) is 0 Å². The van der Waals surface area contributed by atoms with Crippen LogP contribution < -0.4 is 5.32 Å². The topological polar surface area (TPSA) is 55.7 Å². The Morgan fingerprint density at radius 2 is 2.11 bits per heavy atom. The van der Waals surface area contributed by atoms with Gasteiger partial charge in [-0.2, -0.15) is 0 Å². The number of phenols is 2. The van der Waals surface area contributed by atoms with Gasteiger partial charge >= 0.3 is 0 Å². The minimum atomic E-state index is -0.0433. The first-order valence-electron chi connectivity index (χ1n) is 7.14. The van der Waals surface area contributed by atoms with Gasteiger partial charge in [-0.05, 0) is 49.0 Å². The third-order valence-corrected chi connectivity index (χ3v) is 4.67. The minimum Gasteiger partial charge on any atom is -0.504 e. The van der Waals surface area contributed by atoms with E-state index in [0.29, 0.717) is 6.04 Å². The maximum Gasteiger partial charge on any atom is 0.157 e. The molecule has 19 heavy (non-hydrogen) atoms. The fraction of sp³-hybridized carbons (Fsp3) is 0.600. The van der Waals surface area contributed by atoms with Crippen LogP contribution >= 0.6 is 0 Å². The molecule has 0 bridgehead atoms. The molecule has 0 spiro atoms. The SMILES string of the molecule is CCC1C2CNCC2CN1Cc1ccc(O)c(O)c1. The van der Waals surface area contributed by atoms with Crippen molar-refractivity contribution in [2.24, 2.45) is 11.8 Å². The minimum absolute atomic E-state index is 0.0217. The summed E-state index contributed by atoms with van der Waals surface area (Å²) in [5, 5.41) is 22.4. The average Bonchev–Trinajstić information content (AvgIpc) is 2.94. The molecule has 3 unspecified atom stereocenters. The number of nitrogens with zero attached hydrogens (tertiary/aromatic N) is 1. The predicted molar refractivity (Wildman–Crippen MR) is 74.1 cm³/mol. The molecule has 3 atom stereocenters. The molecule has 2 aliphatic heterocycles. The van der Waals surface area contributed by atoms with E-state index in [4.69, 9.17) is 0 Å². The van der Waals surface area contributed by atoms with Gasteiger partial charge in [-0.3, -0.25) is 4.90 Å². The van der Waals surface area contributed by atoms with Crippen LogP contribution in [0.3, 0.4) is 0 Å². The van der Waals surface area contributed by atoms with E-state index in [-0.39, 0.29) is 11.5 Å². The van der Waals surface area contributed by atoms with Crippen LogP contribution in [-0.4, -0.2) is 40.8 Å². The summed E-state index contributed by atoms with van der Waals surface area (Å²) in [6, 6.07) is 5.78. The van der Waals surface area contributed by atoms with Crippen molar-refractivity contribution >= 4 is 0 Å². The number of likely N-dealkylation sites (tertiary alicyclic amines) is 1. The Morgan fingerprint density at radius 3 is 2.84 bits per heavy atom. The van der Waals surface area contributed by atoms with Gasteiger partial charge in [0.1, 0.15) is 0 Å². The Hall–Kier alpha value is -1.26. The molecule has 4 heteroatoms. The van der Waals surface area contributed by atoms with E-state index in [1.807, 2.05) is 6.07 Å². The number of hydrogen-bond acceptors (Lipinski definition) is 4. The molecule has 3 rings (SSSR count). The Bertz CT molecular complexity index is 463. The molecule has 104 valence electrons. The zero-order valence-corrected chi connectivity index (χ0v) is 11.3. The van der Waals surface area contributed by atoms with E-state index >= 15 is 0 Å². The summed E-state index contributed by atoms with van der Waals surface area (Å²) < 4.78 is 0. The summed E-state index contributed by atoms with van der Waals surface area (Å²) in [6.07, 6.45) is 1.17. The maximum atomic E-state index is 9.58. The van der Waals surface area contributed by atoms with Crippen molar-refractivity contribution in [3.8, 4) is 11.5 Å². The van der Waals surface area contributed by atoms with Crippen LogP contribution in [0.1, 0.15) is 18.9 Å². The van der Waals surface area contributed by atoms with Crippen LogP contribution in [-0.2, 0) is 6.54 Å². The second kappa shape index (κ2) is 5.02. The van der Waals surface area contributed by atoms with Crippen LogP contribution in [0, 0.1) is 11.8 Å². The smallest absolute Gasteiger partial charge is 0.157 e. The van der Waals surface area contributed by atoms with E-state index in [1.165, 1.54) is 6.42 Å². The second-order valence-corrected chi connectivity index (χ2v) is 5.81. The van der Waals surface area contributed by atoms with Gasteiger partial charge < -0.3 is 15.5 Å². The Balaban J connectivity index is 1.74. The molecule has 0 radical (unpaired) electrons. The third-order valence-electron chi connectivity index (χ3n) is 4.67. The molecule has 1 aromatic carbocycles. The summed E-state index contributed by atoms with van der Waals surface area (Å²) in [4.78, 5) is 2.53. The first-order chi connectivity index (χ1) is 9.19. The number of phenolic OH excluding ortho intramolecular Hbond substituents is 2. The third kappa shape index (κ3) is 2.30. The predicted octanol–water partition coefficient (Wildman–Crippen LogP) is 1.53. The van der Waals surface area contributed by atoms with Crippen LogP contribution in [0.5, 0.6) is 11.5 Å². The van der Waals surface area contributed by atoms with E-state index in [1.54, 1.807) is 12.1 Å². The van der Waals surface area contributed by atoms with Gasteiger partial charge in [-0.15, -0.1) is 0 Å². The van der Waals surface area contributed by atoms with Crippen LogP contribution in [0.2, 0.25) is 0 Å². The molecule has 2 fully saturated rings. The highest BCUT2D eigenvalue weighted by molar-refractivity contribution is 5.40. The fourth-order valence-corrected chi connectivity index (χ4v) is 3.76. The lowest BCUT2D eigenvalue weighted by atomic mass is 9.93. The standard InChI is InChI=1S/C15H22N2O2/c1-2-13-12-7-16-6-11(12)9-17(13)8-10-3-4-14(18)15(19)5-10/h3-5,11-13,16,18-19H,2,6-9H2,1H3. The van der Waals surface area contributed by atoms with Crippen LogP contribution in [0.4, 0.5) is 0 Å². The van der Waals surface area contributed by atoms with Crippen LogP contribution in [0.25, 0.3) is 0 Å². The van der Waals surface area contributed by atoms with Crippen molar-refractivity contribution < 1.29 is 10.2 Å². The molecular formula is C15H22N2O2. The molecule has 0 aliphatic carbocycles. The zero-order chi connectivity index (χ0) is 13.4. The number of fused-ring (bicyclic) bond motifs is 1. The van der Waals surface area contributed by atoms with Gasteiger partial charge in [0.15, 0.2) is 11.5 Å². The molecule has 2 aliphatic rings. The highest BCUT2D eigenvalue weighted by Crippen LogP contribution is 2.35. The fourth-order valence-electron chi connectivity index (χ4n) is 3.76. The summed E-state index contributed by atoms with van der Waals surface area (Å²) in [7, 11) is 0. The monoisotopic (exact) mass is 262 g/mol. The molecule has 3 N–H and O–H groups in total. The lowest BCUT2D eigenvalue weighted by Crippen LogP contribution is -2.34. The van der Waals surface area contributed by atoms with Gasteiger partial charge in [-0.1, -0.05) is 13.0 Å². The average molecular weight is 262 g/mol. The quantitative estimate of drug-likeness (QED) is 0.723. The molecule has 0 aromatic heterocycles. The highest BCUT2D eigenvalue weighted by atomic mass is 16.3. The molecule has 2 heterocycles. The Morgan fingerprint density at radius 1 is 1.26 bits per heavy atom. The van der Waals surface area contributed by atoms with Crippen molar-refractivity contribution in [3.05, 3.63) is 23.8 Å². The molecule has 0 saturated carbocycles. The molecular weight excluding hydrogens is 240 g/mol. The highest BCUT2D eigenvalue weighted by Gasteiger charge is 2.42. The summed E-state index contributed by atoms with van der Waals surface area (Å²) in [5.74, 6) is 1.48. The molecule has 1 aromatic rings. The van der Waals surface area contributed by atoms with Gasteiger partial charge in [0, 0.05) is 19.1 Å². The van der Waals surface area contributed by atoms with Crippen molar-refractivity contribution in [2.45, 2.75) is 25.9 Å². The summed E-state index contributed by atoms with van der Waals surface area (Å²) in [6.45, 7) is 6.53. The number of rotatable bonds is 3.